The van der Waals surface area contributed by atoms with E-state index < -0.39 is 28.6 Å². The largest absolute Gasteiger partial charge is 0.478 e. The van der Waals surface area contributed by atoms with Gasteiger partial charge in [0.2, 0.25) is 5.78 Å². The number of halogens is 2. The van der Waals surface area contributed by atoms with Crippen molar-refractivity contribution < 1.29 is 23.3 Å². The van der Waals surface area contributed by atoms with Gasteiger partial charge in [0.1, 0.15) is 10.7 Å². The third-order valence-corrected chi connectivity index (χ3v) is 4.79. The van der Waals surface area contributed by atoms with Crippen LogP contribution in [0.1, 0.15) is 26.3 Å². The van der Waals surface area contributed by atoms with Gasteiger partial charge in [-0.3, -0.25) is 4.79 Å². The maximum Gasteiger partial charge on any atom is 0.335 e. The van der Waals surface area contributed by atoms with Crippen LogP contribution in [0.3, 0.4) is 0 Å². The van der Waals surface area contributed by atoms with Crippen molar-refractivity contribution in [1.29, 1.82) is 0 Å². The van der Waals surface area contributed by atoms with Crippen LogP contribution < -0.4 is 4.72 Å². The van der Waals surface area contributed by atoms with Crippen LogP contribution in [-0.2, 0) is 11.0 Å². The lowest BCUT2D eigenvalue weighted by Gasteiger charge is -2.19. The van der Waals surface area contributed by atoms with Crippen LogP contribution in [0.5, 0.6) is 0 Å². The molecule has 0 saturated heterocycles. The van der Waals surface area contributed by atoms with Crippen molar-refractivity contribution in [3.8, 4) is 0 Å². The first kappa shape index (κ1) is 16.4. The second-order valence-corrected chi connectivity index (χ2v) is 6.54. The maximum atomic E-state index is 13.5. The first-order valence-electron chi connectivity index (χ1n) is 6.64. The number of carboxylic acids is 1. The molecular formula is C16H9ClFNO4S. The number of aromatic carboxylic acids is 1. The van der Waals surface area contributed by atoms with Crippen molar-refractivity contribution in [2.75, 3.05) is 4.72 Å². The van der Waals surface area contributed by atoms with Gasteiger partial charge in [0, 0.05) is 5.56 Å². The van der Waals surface area contributed by atoms with E-state index in [4.69, 9.17) is 16.7 Å². The van der Waals surface area contributed by atoms with E-state index in [1.807, 2.05) is 0 Å². The van der Waals surface area contributed by atoms with Gasteiger partial charge in [0.25, 0.3) is 0 Å². The van der Waals surface area contributed by atoms with Crippen molar-refractivity contribution in [3.63, 3.8) is 0 Å². The molecule has 0 amide bonds. The SMILES string of the molecule is O=C(O)c1ccc2c(c1)C(=O)/C(=C\c1ccc(Cl)c(F)c1)S(=O)N2. The van der Waals surface area contributed by atoms with Crippen molar-refractivity contribution in [2.24, 2.45) is 0 Å². The molecule has 2 aromatic rings. The van der Waals surface area contributed by atoms with Gasteiger partial charge in [-0.2, -0.15) is 0 Å². The van der Waals surface area contributed by atoms with E-state index in [9.17, 15) is 18.2 Å². The Balaban J connectivity index is 2.07. The number of hydrogen-bond acceptors (Lipinski definition) is 3. The number of carbonyl (C=O) groups excluding carboxylic acids is 1. The normalized spacial score (nSPS) is 18.2. The summed E-state index contributed by atoms with van der Waals surface area (Å²) < 4.78 is 28.3. The monoisotopic (exact) mass is 365 g/mol. The standard InChI is InChI=1S/C16H9ClFNO4S/c17-11-3-1-8(5-12(11)18)6-14-15(20)10-7-9(16(21)22)2-4-13(10)19-24(14)23/h1-7,19H,(H,21,22)/b14-6+. The van der Waals surface area contributed by atoms with Crippen LogP contribution in [0.15, 0.2) is 41.3 Å². The highest BCUT2D eigenvalue weighted by molar-refractivity contribution is 7.91. The average Bonchev–Trinajstić information content (AvgIpc) is 2.54. The van der Waals surface area contributed by atoms with Crippen LogP contribution in [0, 0.1) is 5.82 Å². The Hall–Kier alpha value is -2.51. The molecule has 0 aliphatic carbocycles. The summed E-state index contributed by atoms with van der Waals surface area (Å²) in [6, 6.07) is 7.81. The van der Waals surface area contributed by atoms with E-state index in [1.165, 1.54) is 36.4 Å². The molecule has 0 fully saturated rings. The number of nitrogens with one attached hydrogen (secondary N) is 1. The summed E-state index contributed by atoms with van der Waals surface area (Å²) in [6.45, 7) is 0. The molecule has 2 aromatic carbocycles. The zero-order valence-electron chi connectivity index (χ0n) is 11.9. The van der Waals surface area contributed by atoms with E-state index in [2.05, 4.69) is 4.72 Å². The summed E-state index contributed by atoms with van der Waals surface area (Å²) in [5, 5.41) is 8.95. The van der Waals surface area contributed by atoms with Gasteiger partial charge in [-0.1, -0.05) is 17.7 Å². The summed E-state index contributed by atoms with van der Waals surface area (Å²) in [5.41, 5.74) is 0.625. The lowest BCUT2D eigenvalue weighted by atomic mass is 10.0. The fourth-order valence-electron chi connectivity index (χ4n) is 2.20. The highest BCUT2D eigenvalue weighted by atomic mass is 35.5. The lowest BCUT2D eigenvalue weighted by Crippen LogP contribution is -2.23. The summed E-state index contributed by atoms with van der Waals surface area (Å²) in [7, 11) is -1.84. The molecule has 24 heavy (non-hydrogen) atoms. The molecule has 8 heteroatoms. The first-order chi connectivity index (χ1) is 11.4. The zero-order valence-corrected chi connectivity index (χ0v) is 13.5. The molecule has 122 valence electrons. The Labute approximate surface area is 143 Å². The number of Topliss-reactive ketones (excluding diaryl/α,β-unsaturated/α-hetero) is 1. The van der Waals surface area contributed by atoms with E-state index in [1.54, 1.807) is 0 Å². The Morgan fingerprint density at radius 2 is 2.00 bits per heavy atom. The topological polar surface area (TPSA) is 83.5 Å². The molecule has 1 aliphatic heterocycles. The molecule has 0 bridgehead atoms. The number of rotatable bonds is 2. The third-order valence-electron chi connectivity index (χ3n) is 3.38. The molecule has 0 aromatic heterocycles. The van der Waals surface area contributed by atoms with Gasteiger partial charge >= 0.3 is 5.97 Å². The van der Waals surface area contributed by atoms with Gasteiger partial charge in [-0.05, 0) is 42.0 Å². The maximum absolute atomic E-state index is 13.5. The Morgan fingerprint density at radius 1 is 1.25 bits per heavy atom. The summed E-state index contributed by atoms with van der Waals surface area (Å²) in [5.74, 6) is -2.43. The average molecular weight is 366 g/mol. The number of ketones is 1. The summed E-state index contributed by atoms with van der Waals surface area (Å²) in [6.07, 6.45) is 1.28. The van der Waals surface area contributed by atoms with E-state index >= 15 is 0 Å². The van der Waals surface area contributed by atoms with Crippen molar-refractivity contribution >= 4 is 46.1 Å². The third kappa shape index (κ3) is 2.95. The highest BCUT2D eigenvalue weighted by Gasteiger charge is 2.28. The van der Waals surface area contributed by atoms with Crippen molar-refractivity contribution in [3.05, 3.63) is 68.8 Å². The molecule has 1 heterocycles. The first-order valence-corrected chi connectivity index (χ1v) is 8.17. The van der Waals surface area contributed by atoms with Crippen LogP contribution in [0.2, 0.25) is 5.02 Å². The van der Waals surface area contributed by atoms with Gasteiger partial charge in [0.05, 0.1) is 16.3 Å². The molecule has 0 radical (unpaired) electrons. The predicted molar refractivity (Wildman–Crippen MR) is 88.9 cm³/mol. The zero-order chi connectivity index (χ0) is 17.4. The second kappa shape index (κ2) is 6.18. The van der Waals surface area contributed by atoms with E-state index in [-0.39, 0.29) is 26.7 Å². The number of allylic oxidation sites excluding steroid dienone is 1. The van der Waals surface area contributed by atoms with Crippen LogP contribution in [0.4, 0.5) is 10.1 Å². The molecule has 0 saturated carbocycles. The van der Waals surface area contributed by atoms with Gasteiger partial charge < -0.3 is 9.83 Å². The molecule has 5 nitrogen and oxygen atoms in total. The van der Waals surface area contributed by atoms with E-state index in [0.717, 1.165) is 6.07 Å². The lowest BCUT2D eigenvalue weighted by molar-refractivity contribution is 0.0697. The highest BCUT2D eigenvalue weighted by Crippen LogP contribution is 2.30. The fourth-order valence-corrected chi connectivity index (χ4v) is 3.33. The van der Waals surface area contributed by atoms with Crippen LogP contribution in [0.25, 0.3) is 6.08 Å². The van der Waals surface area contributed by atoms with Gasteiger partial charge in [0.15, 0.2) is 11.0 Å². The predicted octanol–water partition coefficient (Wildman–Crippen LogP) is 3.49. The summed E-state index contributed by atoms with van der Waals surface area (Å²) in [4.78, 5) is 23.5. The number of carboxylic acid groups (broad SMARTS) is 1. The van der Waals surface area contributed by atoms with Crippen LogP contribution in [-0.4, -0.2) is 21.1 Å². The molecule has 0 spiro atoms. The molecular weight excluding hydrogens is 357 g/mol. The van der Waals surface area contributed by atoms with Crippen molar-refractivity contribution in [1.82, 2.24) is 0 Å². The minimum atomic E-state index is -1.84. The van der Waals surface area contributed by atoms with Crippen LogP contribution >= 0.6 is 11.6 Å². The number of benzene rings is 2. The fraction of sp³-hybridized carbons (Fsp3) is 0. The van der Waals surface area contributed by atoms with Crippen molar-refractivity contribution in [2.45, 2.75) is 0 Å². The van der Waals surface area contributed by atoms with Gasteiger partial charge in [-0.15, -0.1) is 0 Å². The number of anilines is 1. The number of hydrogen-bond donors (Lipinski definition) is 2. The summed E-state index contributed by atoms with van der Waals surface area (Å²) >= 11 is 5.60. The quantitative estimate of drug-likeness (QED) is 0.798. The Kier molecular flexibility index (Phi) is 4.21. The molecule has 1 aliphatic rings. The molecule has 3 rings (SSSR count). The number of fused-ring (bicyclic) bond motifs is 1. The molecule has 1 unspecified atom stereocenters. The van der Waals surface area contributed by atoms with E-state index in [0.29, 0.717) is 5.56 Å². The smallest absolute Gasteiger partial charge is 0.335 e. The minimum absolute atomic E-state index is 0.0616. The second-order valence-electron chi connectivity index (χ2n) is 4.95. The molecule has 1 atom stereocenters. The minimum Gasteiger partial charge on any atom is -0.478 e. The molecule has 2 N–H and O–H groups in total. The Morgan fingerprint density at radius 3 is 2.67 bits per heavy atom. The van der Waals surface area contributed by atoms with Gasteiger partial charge in [-0.25, -0.2) is 13.4 Å². The Bertz CT molecular complexity index is 942. The number of carbonyl (C=O) groups is 2.